The second-order valence-electron chi connectivity index (χ2n) is 6.95. The number of benzene rings is 2. The van der Waals surface area contributed by atoms with Crippen LogP contribution in [0, 0.1) is 6.92 Å². The number of nitrogens with zero attached hydrogens (tertiary/aromatic N) is 4. The molecule has 0 saturated carbocycles. The van der Waals surface area contributed by atoms with Gasteiger partial charge in [-0.25, -0.2) is 0 Å². The number of thioether (sulfide) groups is 1. The summed E-state index contributed by atoms with van der Waals surface area (Å²) in [4.78, 5) is 16.8. The summed E-state index contributed by atoms with van der Waals surface area (Å²) in [5, 5.41) is 12.9. The maximum atomic E-state index is 12.6. The van der Waals surface area contributed by atoms with Crippen molar-refractivity contribution in [1.82, 2.24) is 15.1 Å². The van der Waals surface area contributed by atoms with Crippen LogP contribution in [0.1, 0.15) is 5.56 Å². The number of anilines is 3. The summed E-state index contributed by atoms with van der Waals surface area (Å²) in [6.07, 6.45) is 0. The number of aromatic nitrogens is 2. The van der Waals surface area contributed by atoms with Crippen LogP contribution in [0.25, 0.3) is 0 Å². The molecule has 9 heteroatoms. The highest BCUT2D eigenvalue weighted by Gasteiger charge is 2.21. The molecule has 0 spiro atoms. The second kappa shape index (κ2) is 9.68. The molecular formula is C21H22ClN5OS2. The Hall–Kier alpha value is -2.29. The van der Waals surface area contributed by atoms with E-state index in [2.05, 4.69) is 32.5 Å². The standard InChI is InChI=1S/C21H22ClN5OS2/c1-15-7-8-16(13-18(15)22)23-20-24-25-21(30-20)29-14-19(28)27-11-9-26(10-12-27)17-5-3-2-4-6-17/h2-8,13H,9-12,14H2,1H3,(H,23,24). The van der Waals surface area contributed by atoms with E-state index in [1.807, 2.05) is 48.2 Å². The van der Waals surface area contributed by atoms with Crippen molar-refractivity contribution in [1.29, 1.82) is 0 Å². The van der Waals surface area contributed by atoms with Crippen LogP contribution in [0.4, 0.5) is 16.5 Å². The van der Waals surface area contributed by atoms with Crippen LogP contribution in [0.5, 0.6) is 0 Å². The van der Waals surface area contributed by atoms with Crippen molar-refractivity contribution in [2.45, 2.75) is 11.3 Å². The van der Waals surface area contributed by atoms with Gasteiger partial charge in [-0.3, -0.25) is 4.79 Å². The molecular weight excluding hydrogens is 438 g/mol. The molecule has 0 atom stereocenters. The molecule has 3 aromatic rings. The zero-order chi connectivity index (χ0) is 20.9. The summed E-state index contributed by atoms with van der Waals surface area (Å²) in [6.45, 7) is 5.15. The van der Waals surface area contributed by atoms with Crippen LogP contribution < -0.4 is 10.2 Å². The van der Waals surface area contributed by atoms with Gasteiger partial charge in [0.2, 0.25) is 11.0 Å². The van der Waals surface area contributed by atoms with Crippen molar-refractivity contribution in [3.05, 3.63) is 59.1 Å². The van der Waals surface area contributed by atoms with Gasteiger partial charge in [0, 0.05) is 42.6 Å². The second-order valence-corrected chi connectivity index (χ2v) is 9.56. The van der Waals surface area contributed by atoms with Gasteiger partial charge in [-0.1, -0.05) is 59.0 Å². The van der Waals surface area contributed by atoms with Gasteiger partial charge in [-0.2, -0.15) is 0 Å². The molecule has 1 aliphatic heterocycles. The van der Waals surface area contributed by atoms with Crippen LogP contribution in [-0.2, 0) is 4.79 Å². The topological polar surface area (TPSA) is 61.4 Å². The first-order valence-electron chi connectivity index (χ1n) is 9.66. The van der Waals surface area contributed by atoms with Gasteiger partial charge in [0.25, 0.3) is 0 Å². The minimum absolute atomic E-state index is 0.141. The van der Waals surface area contributed by atoms with Crippen molar-refractivity contribution in [3.8, 4) is 0 Å². The van der Waals surface area contributed by atoms with E-state index in [0.717, 1.165) is 41.8 Å². The molecule has 0 aliphatic carbocycles. The number of halogens is 1. The largest absolute Gasteiger partial charge is 0.368 e. The van der Waals surface area contributed by atoms with Gasteiger partial charge in [0.15, 0.2) is 4.34 Å². The van der Waals surface area contributed by atoms with Crippen molar-refractivity contribution in [2.75, 3.05) is 42.1 Å². The Bertz CT molecular complexity index is 1010. The Balaban J connectivity index is 1.25. The lowest BCUT2D eigenvalue weighted by molar-refractivity contribution is -0.128. The smallest absolute Gasteiger partial charge is 0.233 e. The Kier molecular flexibility index (Phi) is 6.76. The van der Waals surface area contributed by atoms with Crippen LogP contribution in [0.2, 0.25) is 5.02 Å². The van der Waals surface area contributed by atoms with Gasteiger partial charge in [-0.05, 0) is 36.8 Å². The SMILES string of the molecule is Cc1ccc(Nc2nnc(SCC(=O)N3CCN(c4ccccc4)CC3)s2)cc1Cl. The summed E-state index contributed by atoms with van der Waals surface area (Å²) in [6, 6.07) is 16.1. The molecule has 1 fully saturated rings. The van der Waals surface area contributed by atoms with E-state index in [9.17, 15) is 4.79 Å². The quantitative estimate of drug-likeness (QED) is 0.540. The van der Waals surface area contributed by atoms with Crippen LogP contribution in [-0.4, -0.2) is 52.9 Å². The summed E-state index contributed by atoms with van der Waals surface area (Å²) >= 11 is 9.03. The first-order valence-corrected chi connectivity index (χ1v) is 11.8. The lowest BCUT2D eigenvalue weighted by Crippen LogP contribution is -2.49. The molecule has 30 heavy (non-hydrogen) atoms. The number of para-hydroxylation sites is 1. The third-order valence-corrected chi connectivity index (χ3v) is 7.27. The number of aryl methyl sites for hydroxylation is 1. The molecule has 0 bridgehead atoms. The number of carbonyl (C=O) groups is 1. The van der Waals surface area contributed by atoms with Gasteiger partial charge in [0.1, 0.15) is 0 Å². The maximum absolute atomic E-state index is 12.6. The molecule has 1 saturated heterocycles. The average Bonchev–Trinajstić information content (AvgIpc) is 3.22. The number of nitrogens with one attached hydrogen (secondary N) is 1. The molecule has 1 N–H and O–H groups in total. The third kappa shape index (κ3) is 5.24. The van der Waals surface area contributed by atoms with Crippen LogP contribution in [0.15, 0.2) is 52.9 Å². The molecule has 2 heterocycles. The highest BCUT2D eigenvalue weighted by molar-refractivity contribution is 8.01. The van der Waals surface area contributed by atoms with E-state index >= 15 is 0 Å². The maximum Gasteiger partial charge on any atom is 0.233 e. The molecule has 0 unspecified atom stereocenters. The summed E-state index contributed by atoms with van der Waals surface area (Å²) in [5.41, 5.74) is 3.10. The third-order valence-electron chi connectivity index (χ3n) is 4.90. The van der Waals surface area contributed by atoms with E-state index in [-0.39, 0.29) is 5.91 Å². The predicted molar refractivity (Wildman–Crippen MR) is 125 cm³/mol. The van der Waals surface area contributed by atoms with Crippen molar-refractivity contribution in [3.63, 3.8) is 0 Å². The fraction of sp³-hybridized carbons (Fsp3) is 0.286. The number of hydrogen-bond donors (Lipinski definition) is 1. The van der Waals surface area contributed by atoms with Crippen LogP contribution in [0.3, 0.4) is 0 Å². The normalized spacial score (nSPS) is 14.1. The molecule has 1 aromatic heterocycles. The lowest BCUT2D eigenvalue weighted by atomic mass is 10.2. The fourth-order valence-corrected chi connectivity index (χ4v) is 5.04. The zero-order valence-corrected chi connectivity index (χ0v) is 18.9. The number of piperazine rings is 1. The number of amides is 1. The Labute approximate surface area is 189 Å². The number of rotatable bonds is 6. The average molecular weight is 460 g/mol. The van der Waals surface area contributed by atoms with Crippen molar-refractivity contribution >= 4 is 57.1 Å². The molecule has 0 radical (unpaired) electrons. The molecule has 156 valence electrons. The Morgan fingerprint density at radius 2 is 1.90 bits per heavy atom. The van der Waals surface area contributed by atoms with Crippen molar-refractivity contribution in [2.24, 2.45) is 0 Å². The first-order chi connectivity index (χ1) is 14.6. The summed E-state index contributed by atoms with van der Waals surface area (Å²) < 4.78 is 0.770. The minimum Gasteiger partial charge on any atom is -0.368 e. The number of hydrogen-bond acceptors (Lipinski definition) is 7. The molecule has 1 amide bonds. The first kappa shape index (κ1) is 21.0. The van der Waals surface area contributed by atoms with E-state index in [4.69, 9.17) is 11.6 Å². The van der Waals surface area contributed by atoms with Gasteiger partial charge < -0.3 is 15.1 Å². The van der Waals surface area contributed by atoms with E-state index in [1.165, 1.54) is 28.8 Å². The monoisotopic (exact) mass is 459 g/mol. The predicted octanol–water partition coefficient (Wildman–Crippen LogP) is 4.68. The molecule has 4 rings (SSSR count). The summed E-state index contributed by atoms with van der Waals surface area (Å²) in [5.74, 6) is 0.513. The molecule has 6 nitrogen and oxygen atoms in total. The highest BCUT2D eigenvalue weighted by atomic mass is 35.5. The van der Waals surface area contributed by atoms with Crippen LogP contribution >= 0.6 is 34.7 Å². The van der Waals surface area contributed by atoms with Gasteiger partial charge >= 0.3 is 0 Å². The fourth-order valence-electron chi connectivity index (χ4n) is 3.18. The number of carbonyl (C=O) groups excluding carboxylic acids is 1. The molecule has 1 aliphatic rings. The van der Waals surface area contributed by atoms with Gasteiger partial charge in [0.05, 0.1) is 5.75 Å². The van der Waals surface area contributed by atoms with E-state index < -0.39 is 0 Å². The zero-order valence-electron chi connectivity index (χ0n) is 16.5. The van der Waals surface area contributed by atoms with Gasteiger partial charge in [-0.15, -0.1) is 10.2 Å². The Morgan fingerprint density at radius 3 is 2.63 bits per heavy atom. The summed E-state index contributed by atoms with van der Waals surface area (Å²) in [7, 11) is 0. The highest BCUT2D eigenvalue weighted by Crippen LogP contribution is 2.29. The molecule has 2 aromatic carbocycles. The minimum atomic E-state index is 0.141. The Morgan fingerprint density at radius 1 is 1.13 bits per heavy atom. The van der Waals surface area contributed by atoms with Crippen molar-refractivity contribution < 1.29 is 4.79 Å². The van der Waals surface area contributed by atoms with E-state index in [0.29, 0.717) is 15.9 Å². The van der Waals surface area contributed by atoms with E-state index in [1.54, 1.807) is 0 Å². The lowest BCUT2D eigenvalue weighted by Gasteiger charge is -2.36.